The summed E-state index contributed by atoms with van der Waals surface area (Å²) in [5, 5.41) is 8.42. The number of alkyl halides is 3. The van der Waals surface area contributed by atoms with E-state index in [9.17, 15) is 17.6 Å². The van der Waals surface area contributed by atoms with E-state index in [-0.39, 0.29) is 17.7 Å². The molecule has 1 aromatic rings. The summed E-state index contributed by atoms with van der Waals surface area (Å²) in [5.74, 6) is -0.960. The Bertz CT molecular complexity index is 408. The molecule has 0 saturated carbocycles. The highest BCUT2D eigenvalue weighted by Crippen LogP contribution is 2.23. The van der Waals surface area contributed by atoms with E-state index in [2.05, 4.69) is 4.74 Å². The first kappa shape index (κ1) is 12.3. The first-order valence-electron chi connectivity index (χ1n) is 4.27. The SMILES string of the molecule is N#CCc1ccc(F)cc1OCC(F)(F)F. The molecule has 0 unspecified atom stereocenters. The zero-order chi connectivity index (χ0) is 12.2. The Hall–Kier alpha value is -1.77. The number of rotatable bonds is 3. The van der Waals surface area contributed by atoms with Crippen molar-refractivity contribution in [1.29, 1.82) is 5.26 Å². The lowest BCUT2D eigenvalue weighted by atomic mass is 10.1. The minimum atomic E-state index is -4.49. The molecule has 1 aromatic carbocycles. The zero-order valence-electron chi connectivity index (χ0n) is 8.01. The molecular weight excluding hydrogens is 226 g/mol. The van der Waals surface area contributed by atoms with Crippen LogP contribution in [0.25, 0.3) is 0 Å². The molecule has 0 amide bonds. The quantitative estimate of drug-likeness (QED) is 0.752. The van der Waals surface area contributed by atoms with Crippen LogP contribution in [-0.2, 0) is 6.42 Å². The predicted octanol–water partition coefficient (Wildman–Crippen LogP) is 2.83. The van der Waals surface area contributed by atoms with Crippen LogP contribution in [-0.4, -0.2) is 12.8 Å². The third kappa shape index (κ3) is 3.77. The number of benzene rings is 1. The summed E-state index contributed by atoms with van der Waals surface area (Å²) in [7, 11) is 0. The smallest absolute Gasteiger partial charge is 0.422 e. The van der Waals surface area contributed by atoms with Gasteiger partial charge in [-0.2, -0.15) is 18.4 Å². The number of ether oxygens (including phenoxy) is 1. The highest BCUT2D eigenvalue weighted by atomic mass is 19.4. The maximum Gasteiger partial charge on any atom is 0.422 e. The molecule has 86 valence electrons. The summed E-state index contributed by atoms with van der Waals surface area (Å²) in [4.78, 5) is 0. The van der Waals surface area contributed by atoms with Gasteiger partial charge in [0.25, 0.3) is 0 Å². The Morgan fingerprint density at radius 2 is 2.00 bits per heavy atom. The molecule has 0 heterocycles. The maximum atomic E-state index is 12.8. The minimum absolute atomic E-state index is 0.131. The van der Waals surface area contributed by atoms with Crippen LogP contribution in [0.15, 0.2) is 18.2 Å². The van der Waals surface area contributed by atoms with Gasteiger partial charge in [0.2, 0.25) is 0 Å². The number of hydrogen-bond acceptors (Lipinski definition) is 2. The van der Waals surface area contributed by atoms with Crippen molar-refractivity contribution < 1.29 is 22.3 Å². The van der Waals surface area contributed by atoms with Crippen LogP contribution in [0.3, 0.4) is 0 Å². The van der Waals surface area contributed by atoms with Crippen LogP contribution in [0, 0.1) is 17.1 Å². The standard InChI is InChI=1S/C10H7F4NO/c11-8-2-1-7(3-4-15)9(5-8)16-6-10(12,13)14/h1-2,5H,3,6H2. The third-order valence-corrected chi connectivity index (χ3v) is 1.69. The summed E-state index contributed by atoms with van der Waals surface area (Å²) >= 11 is 0. The number of halogens is 4. The molecule has 0 atom stereocenters. The van der Waals surface area contributed by atoms with E-state index in [1.54, 1.807) is 6.07 Å². The Morgan fingerprint density at radius 1 is 1.31 bits per heavy atom. The predicted molar refractivity (Wildman–Crippen MR) is 47.3 cm³/mol. The zero-order valence-corrected chi connectivity index (χ0v) is 8.01. The van der Waals surface area contributed by atoms with Gasteiger partial charge >= 0.3 is 6.18 Å². The van der Waals surface area contributed by atoms with Gasteiger partial charge in [-0.15, -0.1) is 0 Å². The van der Waals surface area contributed by atoms with Gasteiger partial charge in [0, 0.05) is 11.6 Å². The van der Waals surface area contributed by atoms with Crippen LogP contribution in [0.5, 0.6) is 5.75 Å². The molecule has 0 aliphatic heterocycles. The summed E-state index contributed by atoms with van der Waals surface area (Å²) in [6, 6.07) is 4.88. The van der Waals surface area contributed by atoms with Gasteiger partial charge in [-0.3, -0.25) is 0 Å². The molecule has 1 rings (SSSR count). The average Bonchev–Trinajstić information content (AvgIpc) is 2.17. The largest absolute Gasteiger partial charge is 0.484 e. The second kappa shape index (κ2) is 4.84. The van der Waals surface area contributed by atoms with Crippen molar-refractivity contribution in [3.8, 4) is 11.8 Å². The van der Waals surface area contributed by atoms with Crippen molar-refractivity contribution in [2.24, 2.45) is 0 Å². The van der Waals surface area contributed by atoms with Gasteiger partial charge in [0.1, 0.15) is 11.6 Å². The molecule has 2 nitrogen and oxygen atoms in total. The van der Waals surface area contributed by atoms with Crippen LogP contribution in [0.4, 0.5) is 17.6 Å². The number of nitrogens with zero attached hydrogens (tertiary/aromatic N) is 1. The Balaban J connectivity index is 2.84. The maximum absolute atomic E-state index is 12.8. The molecule has 6 heteroatoms. The molecular formula is C10H7F4NO. The topological polar surface area (TPSA) is 33.0 Å². The van der Waals surface area contributed by atoms with Crippen molar-refractivity contribution in [3.05, 3.63) is 29.6 Å². The fraction of sp³-hybridized carbons (Fsp3) is 0.300. The van der Waals surface area contributed by atoms with Gasteiger partial charge in [0.05, 0.1) is 12.5 Å². The van der Waals surface area contributed by atoms with Crippen molar-refractivity contribution in [2.75, 3.05) is 6.61 Å². The van der Waals surface area contributed by atoms with Gasteiger partial charge < -0.3 is 4.74 Å². The second-order valence-corrected chi connectivity index (χ2v) is 2.99. The molecule has 0 aromatic heterocycles. The van der Waals surface area contributed by atoms with Gasteiger partial charge in [0.15, 0.2) is 6.61 Å². The van der Waals surface area contributed by atoms with E-state index in [4.69, 9.17) is 5.26 Å². The summed E-state index contributed by atoms with van der Waals surface area (Å²) in [6.07, 6.45) is -4.62. The molecule has 0 aliphatic carbocycles. The van der Waals surface area contributed by atoms with Crippen LogP contribution in [0.1, 0.15) is 5.56 Å². The summed E-state index contributed by atoms with van der Waals surface area (Å²) in [5.41, 5.74) is 0.230. The van der Waals surface area contributed by atoms with Crippen molar-refractivity contribution in [2.45, 2.75) is 12.6 Å². The lowest BCUT2D eigenvalue weighted by Crippen LogP contribution is -2.19. The first-order chi connectivity index (χ1) is 7.42. The van der Waals surface area contributed by atoms with E-state index in [0.29, 0.717) is 0 Å². The van der Waals surface area contributed by atoms with Crippen molar-refractivity contribution in [3.63, 3.8) is 0 Å². The lowest BCUT2D eigenvalue weighted by Gasteiger charge is -2.11. The summed E-state index contributed by atoms with van der Waals surface area (Å²) in [6.45, 7) is -1.51. The molecule has 0 bridgehead atoms. The Kier molecular flexibility index (Phi) is 3.72. The van der Waals surface area contributed by atoms with E-state index in [1.807, 2.05) is 0 Å². The van der Waals surface area contributed by atoms with E-state index in [1.165, 1.54) is 6.07 Å². The van der Waals surface area contributed by atoms with Crippen LogP contribution in [0.2, 0.25) is 0 Å². The molecule has 0 fully saturated rings. The minimum Gasteiger partial charge on any atom is -0.484 e. The highest BCUT2D eigenvalue weighted by Gasteiger charge is 2.28. The molecule has 16 heavy (non-hydrogen) atoms. The van der Waals surface area contributed by atoms with E-state index >= 15 is 0 Å². The number of hydrogen-bond donors (Lipinski definition) is 0. The fourth-order valence-corrected chi connectivity index (χ4v) is 1.05. The van der Waals surface area contributed by atoms with Crippen molar-refractivity contribution in [1.82, 2.24) is 0 Å². The van der Waals surface area contributed by atoms with Crippen molar-refractivity contribution >= 4 is 0 Å². The lowest BCUT2D eigenvalue weighted by molar-refractivity contribution is -0.153. The first-order valence-corrected chi connectivity index (χ1v) is 4.27. The summed E-state index contributed by atoms with van der Waals surface area (Å²) < 4.78 is 52.8. The van der Waals surface area contributed by atoms with Crippen LogP contribution >= 0.6 is 0 Å². The van der Waals surface area contributed by atoms with Crippen LogP contribution < -0.4 is 4.74 Å². The molecule has 0 spiro atoms. The van der Waals surface area contributed by atoms with Gasteiger partial charge in [-0.05, 0) is 6.07 Å². The second-order valence-electron chi connectivity index (χ2n) is 2.99. The van der Waals surface area contributed by atoms with Gasteiger partial charge in [-0.25, -0.2) is 4.39 Å². The Labute approximate surface area is 89.1 Å². The molecule has 0 radical (unpaired) electrons. The Morgan fingerprint density at radius 3 is 2.56 bits per heavy atom. The van der Waals surface area contributed by atoms with Gasteiger partial charge in [-0.1, -0.05) is 6.07 Å². The molecule has 0 N–H and O–H groups in total. The van der Waals surface area contributed by atoms with E-state index in [0.717, 1.165) is 12.1 Å². The fourth-order valence-electron chi connectivity index (χ4n) is 1.05. The number of nitriles is 1. The molecule has 0 saturated heterocycles. The highest BCUT2D eigenvalue weighted by molar-refractivity contribution is 5.35. The monoisotopic (exact) mass is 233 g/mol. The normalized spacial score (nSPS) is 10.9. The molecule has 0 aliphatic rings. The van der Waals surface area contributed by atoms with E-state index < -0.39 is 18.6 Å². The average molecular weight is 233 g/mol. The third-order valence-electron chi connectivity index (χ3n) is 1.69.